The van der Waals surface area contributed by atoms with Crippen LogP contribution in [0.3, 0.4) is 0 Å². The minimum absolute atomic E-state index is 0. The molecule has 0 bridgehead atoms. The zero-order valence-corrected chi connectivity index (χ0v) is 17.5. The Labute approximate surface area is 159 Å². The van der Waals surface area contributed by atoms with Crippen LogP contribution in [-0.2, 0) is 10.1 Å². The summed E-state index contributed by atoms with van der Waals surface area (Å²) < 4.78 is 33.5. The van der Waals surface area contributed by atoms with Crippen LogP contribution in [0.25, 0.3) is 0 Å². The zero-order chi connectivity index (χ0) is 16.1. The average molecular weight is 344 g/mol. The fraction of sp³-hybridized carbons (Fsp3) is 1.00. The van der Waals surface area contributed by atoms with Gasteiger partial charge in [0.05, 0.1) is 16.2 Å². The Bertz CT molecular complexity index is 333. The fourth-order valence-electron chi connectivity index (χ4n) is 2.55. The molecule has 0 rings (SSSR count). The van der Waals surface area contributed by atoms with Crippen molar-refractivity contribution in [2.24, 2.45) is 0 Å². The normalized spacial score (nSPS) is 14.4. The molecular formula is C16H33NaO4S. The van der Waals surface area contributed by atoms with Gasteiger partial charge in [-0.05, 0) is 25.7 Å². The van der Waals surface area contributed by atoms with Crippen LogP contribution in [0.4, 0.5) is 0 Å². The number of aliphatic hydroxyl groups is 1. The molecular weight excluding hydrogens is 311 g/mol. The quantitative estimate of drug-likeness (QED) is 0.290. The van der Waals surface area contributed by atoms with Crippen molar-refractivity contribution in [2.75, 3.05) is 0 Å². The topological polar surface area (TPSA) is 77.4 Å². The molecule has 0 aliphatic carbocycles. The van der Waals surface area contributed by atoms with E-state index < -0.39 is 21.5 Å². The number of aliphatic hydroxyl groups excluding tert-OH is 1. The van der Waals surface area contributed by atoms with Crippen molar-refractivity contribution in [3.05, 3.63) is 0 Å². The SMILES string of the molecule is CCCCCCCCC(O)CCC(CCCC)S(=O)(=O)[O-].[Na+]. The molecule has 6 heteroatoms. The Balaban J connectivity index is 0. The minimum Gasteiger partial charge on any atom is -0.748 e. The van der Waals surface area contributed by atoms with Crippen molar-refractivity contribution in [3.8, 4) is 0 Å². The molecule has 0 saturated carbocycles. The van der Waals surface area contributed by atoms with Gasteiger partial charge >= 0.3 is 29.6 Å². The van der Waals surface area contributed by atoms with Crippen LogP contribution in [0.15, 0.2) is 0 Å². The van der Waals surface area contributed by atoms with Gasteiger partial charge in [0.25, 0.3) is 0 Å². The molecule has 0 radical (unpaired) electrons. The number of hydrogen-bond acceptors (Lipinski definition) is 4. The summed E-state index contributed by atoms with van der Waals surface area (Å²) in [5, 5.41) is 9.07. The second-order valence-electron chi connectivity index (χ2n) is 6.04. The third-order valence-electron chi connectivity index (χ3n) is 4.00. The first-order valence-corrected chi connectivity index (χ1v) is 10.0. The van der Waals surface area contributed by atoms with Gasteiger partial charge in [-0.25, -0.2) is 8.42 Å². The number of rotatable bonds is 14. The van der Waals surface area contributed by atoms with E-state index in [0.717, 1.165) is 25.7 Å². The van der Waals surface area contributed by atoms with Gasteiger partial charge in [-0.3, -0.25) is 0 Å². The van der Waals surface area contributed by atoms with E-state index in [2.05, 4.69) is 6.92 Å². The van der Waals surface area contributed by atoms with Crippen LogP contribution >= 0.6 is 0 Å². The van der Waals surface area contributed by atoms with Crippen molar-refractivity contribution in [3.63, 3.8) is 0 Å². The Morgan fingerprint density at radius 1 is 0.818 bits per heavy atom. The van der Waals surface area contributed by atoms with E-state index in [-0.39, 0.29) is 29.6 Å². The molecule has 22 heavy (non-hydrogen) atoms. The Morgan fingerprint density at radius 3 is 1.91 bits per heavy atom. The first-order chi connectivity index (χ1) is 9.91. The molecule has 0 spiro atoms. The molecule has 128 valence electrons. The maximum Gasteiger partial charge on any atom is 1.00 e. The van der Waals surface area contributed by atoms with E-state index in [1.54, 1.807) is 0 Å². The Hall–Kier alpha value is 0.870. The second kappa shape index (κ2) is 15.4. The molecule has 2 unspecified atom stereocenters. The maximum absolute atomic E-state index is 11.2. The number of unbranched alkanes of at least 4 members (excludes halogenated alkanes) is 6. The predicted octanol–water partition coefficient (Wildman–Crippen LogP) is 0.986. The van der Waals surface area contributed by atoms with Gasteiger partial charge in [0.1, 0.15) is 0 Å². The van der Waals surface area contributed by atoms with Crippen molar-refractivity contribution in [1.82, 2.24) is 0 Å². The molecule has 0 fully saturated rings. The third kappa shape index (κ3) is 14.5. The molecule has 0 aromatic rings. The monoisotopic (exact) mass is 344 g/mol. The summed E-state index contributed by atoms with van der Waals surface area (Å²) in [4.78, 5) is 0. The van der Waals surface area contributed by atoms with E-state index in [0.29, 0.717) is 25.7 Å². The predicted molar refractivity (Wildman–Crippen MR) is 86.2 cm³/mol. The summed E-state index contributed by atoms with van der Waals surface area (Å²) in [6.45, 7) is 4.16. The molecule has 2 atom stereocenters. The van der Waals surface area contributed by atoms with Gasteiger partial charge in [-0.15, -0.1) is 0 Å². The van der Waals surface area contributed by atoms with Crippen LogP contribution < -0.4 is 29.6 Å². The largest absolute Gasteiger partial charge is 1.00 e. The van der Waals surface area contributed by atoms with Crippen molar-refractivity contribution >= 4 is 10.1 Å². The molecule has 0 amide bonds. The van der Waals surface area contributed by atoms with Crippen LogP contribution in [0.1, 0.15) is 90.9 Å². The van der Waals surface area contributed by atoms with Crippen molar-refractivity contribution in [1.29, 1.82) is 0 Å². The van der Waals surface area contributed by atoms with Crippen molar-refractivity contribution in [2.45, 2.75) is 102 Å². The second-order valence-corrected chi connectivity index (χ2v) is 7.70. The van der Waals surface area contributed by atoms with Crippen LogP contribution in [0, 0.1) is 0 Å². The third-order valence-corrected chi connectivity index (χ3v) is 5.29. The van der Waals surface area contributed by atoms with Crippen LogP contribution in [-0.4, -0.2) is 29.4 Å². The first-order valence-electron chi connectivity index (χ1n) is 8.54. The van der Waals surface area contributed by atoms with Gasteiger partial charge in [0.2, 0.25) is 0 Å². The summed E-state index contributed by atoms with van der Waals surface area (Å²) in [5.41, 5.74) is 0. The molecule has 1 N–H and O–H groups in total. The van der Waals surface area contributed by atoms with Gasteiger partial charge < -0.3 is 9.66 Å². The van der Waals surface area contributed by atoms with E-state index in [9.17, 15) is 18.1 Å². The Morgan fingerprint density at radius 2 is 1.36 bits per heavy atom. The fourth-order valence-corrected chi connectivity index (χ4v) is 3.43. The average Bonchev–Trinajstić information content (AvgIpc) is 2.41. The summed E-state index contributed by atoms with van der Waals surface area (Å²) in [6.07, 6.45) is 10.1. The van der Waals surface area contributed by atoms with Crippen LogP contribution in [0.5, 0.6) is 0 Å². The van der Waals surface area contributed by atoms with Gasteiger partial charge in [0.15, 0.2) is 0 Å². The molecule has 0 aromatic carbocycles. The van der Waals surface area contributed by atoms with Gasteiger partial charge in [-0.2, -0.15) is 0 Å². The van der Waals surface area contributed by atoms with Crippen LogP contribution in [0.2, 0.25) is 0 Å². The smallest absolute Gasteiger partial charge is 0.748 e. The Kier molecular flexibility index (Phi) is 17.6. The van der Waals surface area contributed by atoms with E-state index in [4.69, 9.17) is 0 Å². The maximum atomic E-state index is 11.2. The van der Waals surface area contributed by atoms with E-state index >= 15 is 0 Å². The summed E-state index contributed by atoms with van der Waals surface area (Å²) in [7, 11) is -4.23. The molecule has 0 aliphatic heterocycles. The molecule has 0 aliphatic rings. The summed E-state index contributed by atoms with van der Waals surface area (Å²) in [5.74, 6) is 0. The molecule has 4 nitrogen and oxygen atoms in total. The summed E-state index contributed by atoms with van der Waals surface area (Å²) in [6, 6.07) is 0. The molecule has 0 saturated heterocycles. The first kappa shape index (κ1) is 25.1. The minimum atomic E-state index is -4.23. The molecule has 0 aromatic heterocycles. The standard InChI is InChI=1S/C16H34O4S.Na/c1-3-5-7-8-9-10-11-15(17)13-14-16(12-6-4-2)21(18,19)20;/h15-17H,3-14H2,1-2H3,(H,18,19,20);/q;+1/p-1. The zero-order valence-electron chi connectivity index (χ0n) is 14.7. The van der Waals surface area contributed by atoms with Crippen molar-refractivity contribution < 1.29 is 47.6 Å². The van der Waals surface area contributed by atoms with Gasteiger partial charge in [0, 0.05) is 5.25 Å². The molecule has 0 heterocycles. The van der Waals surface area contributed by atoms with E-state index in [1.807, 2.05) is 6.92 Å². The number of hydrogen-bond donors (Lipinski definition) is 1. The summed E-state index contributed by atoms with van der Waals surface area (Å²) >= 11 is 0. The van der Waals surface area contributed by atoms with Gasteiger partial charge in [-0.1, -0.05) is 65.2 Å². The van der Waals surface area contributed by atoms with E-state index in [1.165, 1.54) is 25.7 Å².